The number of rotatable bonds is 10. The Bertz CT molecular complexity index is 1530. The quantitative estimate of drug-likeness (QED) is 0.278. The van der Waals surface area contributed by atoms with Crippen LogP contribution in [0, 0.1) is 12.7 Å². The van der Waals surface area contributed by atoms with E-state index in [1.165, 1.54) is 19.2 Å². The first-order valence-electron chi connectivity index (χ1n) is 14.1. The lowest BCUT2D eigenvalue weighted by Gasteiger charge is -2.40. The number of esters is 1. The third-order valence-corrected chi connectivity index (χ3v) is 7.55. The number of hydrogen-bond acceptors (Lipinski definition) is 7. The second-order valence-electron chi connectivity index (χ2n) is 10.4. The van der Waals surface area contributed by atoms with E-state index in [0.29, 0.717) is 44.0 Å². The monoisotopic (exact) mass is 570 g/mol. The summed E-state index contributed by atoms with van der Waals surface area (Å²) in [7, 11) is 1.35. The molecule has 4 aromatic rings. The SMILES string of the molecule is COC(=O)C(CNC(=O)c1ccc(OCc2cc(C)nc3ccccc23)cc1)N1CCNCC1Cc1ccc(F)cc1. The molecule has 1 aromatic heterocycles. The maximum atomic E-state index is 13.4. The average Bonchev–Trinajstić information content (AvgIpc) is 3.01. The van der Waals surface area contributed by atoms with Crippen LogP contribution in [0.25, 0.3) is 10.9 Å². The predicted molar refractivity (Wildman–Crippen MR) is 159 cm³/mol. The number of carbonyl (C=O) groups excluding carboxylic acids is 2. The Morgan fingerprint density at radius 1 is 1.10 bits per heavy atom. The molecule has 0 spiro atoms. The molecule has 1 aliphatic rings. The maximum absolute atomic E-state index is 13.4. The molecule has 2 heterocycles. The summed E-state index contributed by atoms with van der Waals surface area (Å²) in [6, 6.07) is 22.6. The summed E-state index contributed by atoms with van der Waals surface area (Å²) in [5.41, 5.74) is 4.32. The van der Waals surface area contributed by atoms with Crippen LogP contribution in [0.2, 0.25) is 0 Å². The van der Waals surface area contributed by atoms with Crippen molar-refractivity contribution < 1.29 is 23.5 Å². The first-order valence-corrected chi connectivity index (χ1v) is 14.1. The van der Waals surface area contributed by atoms with Crippen molar-refractivity contribution in [2.45, 2.75) is 32.0 Å². The molecular formula is C33H35FN4O4. The van der Waals surface area contributed by atoms with Crippen molar-refractivity contribution in [3.63, 3.8) is 0 Å². The molecule has 8 nitrogen and oxygen atoms in total. The molecule has 1 fully saturated rings. The number of hydrogen-bond donors (Lipinski definition) is 2. The summed E-state index contributed by atoms with van der Waals surface area (Å²) >= 11 is 0. The summed E-state index contributed by atoms with van der Waals surface area (Å²) in [5, 5.41) is 7.32. The standard InChI is InChI=1S/C33H35FN4O4/c1-22-17-25(29-5-3-4-6-30(29)37-22)21-42-28-13-9-24(10-14-28)32(39)36-20-31(33(40)41-2)38-16-15-35-19-27(38)18-23-7-11-26(34)12-8-23/h3-14,17,27,31,35H,15-16,18-21H2,1-2H3,(H,36,39). The van der Waals surface area contributed by atoms with Gasteiger partial charge in [0.1, 0.15) is 24.2 Å². The molecule has 218 valence electrons. The lowest BCUT2D eigenvalue weighted by atomic mass is 10.0. The van der Waals surface area contributed by atoms with Gasteiger partial charge in [-0.2, -0.15) is 0 Å². The summed E-state index contributed by atoms with van der Waals surface area (Å²) < 4.78 is 24.5. The van der Waals surface area contributed by atoms with Crippen LogP contribution in [0.15, 0.2) is 78.9 Å². The highest BCUT2D eigenvalue weighted by Gasteiger charge is 2.34. The molecule has 9 heteroatoms. The van der Waals surface area contributed by atoms with Crippen molar-refractivity contribution in [1.29, 1.82) is 0 Å². The fourth-order valence-corrected chi connectivity index (χ4v) is 5.41. The molecule has 1 saturated heterocycles. The van der Waals surface area contributed by atoms with Crippen molar-refractivity contribution in [2.75, 3.05) is 33.3 Å². The largest absolute Gasteiger partial charge is 0.489 e. The fraction of sp³-hybridized carbons (Fsp3) is 0.303. The highest BCUT2D eigenvalue weighted by Crippen LogP contribution is 2.21. The molecule has 0 saturated carbocycles. The molecule has 2 N–H and O–H groups in total. The highest BCUT2D eigenvalue weighted by atomic mass is 19.1. The molecule has 42 heavy (non-hydrogen) atoms. The minimum absolute atomic E-state index is 0.0250. The number of amides is 1. The number of para-hydroxylation sites is 1. The minimum Gasteiger partial charge on any atom is -0.489 e. The smallest absolute Gasteiger partial charge is 0.324 e. The molecule has 0 bridgehead atoms. The van der Waals surface area contributed by atoms with E-state index in [-0.39, 0.29) is 24.3 Å². The molecule has 5 rings (SSSR count). The van der Waals surface area contributed by atoms with Crippen LogP contribution in [0.5, 0.6) is 5.75 Å². The Morgan fingerprint density at radius 3 is 2.62 bits per heavy atom. The van der Waals surface area contributed by atoms with E-state index >= 15 is 0 Å². The highest BCUT2D eigenvalue weighted by molar-refractivity contribution is 5.94. The summed E-state index contributed by atoms with van der Waals surface area (Å²) in [6.45, 7) is 4.41. The zero-order chi connectivity index (χ0) is 29.5. The zero-order valence-corrected chi connectivity index (χ0v) is 23.8. The van der Waals surface area contributed by atoms with E-state index in [1.807, 2.05) is 37.3 Å². The lowest BCUT2D eigenvalue weighted by Crippen LogP contribution is -2.60. The van der Waals surface area contributed by atoms with Crippen LogP contribution in [0.1, 0.15) is 27.2 Å². The van der Waals surface area contributed by atoms with Crippen LogP contribution in [-0.2, 0) is 22.6 Å². The number of aryl methyl sites for hydroxylation is 1. The van der Waals surface area contributed by atoms with Gasteiger partial charge in [-0.15, -0.1) is 0 Å². The average molecular weight is 571 g/mol. The van der Waals surface area contributed by atoms with Gasteiger partial charge in [-0.1, -0.05) is 30.3 Å². The first kappa shape index (κ1) is 29.2. The van der Waals surface area contributed by atoms with Crippen molar-refractivity contribution >= 4 is 22.8 Å². The van der Waals surface area contributed by atoms with Crippen LogP contribution >= 0.6 is 0 Å². The van der Waals surface area contributed by atoms with Crippen molar-refractivity contribution in [1.82, 2.24) is 20.5 Å². The van der Waals surface area contributed by atoms with Crippen molar-refractivity contribution in [2.24, 2.45) is 0 Å². The van der Waals surface area contributed by atoms with E-state index in [9.17, 15) is 14.0 Å². The molecule has 0 radical (unpaired) electrons. The number of halogens is 1. The van der Waals surface area contributed by atoms with Crippen molar-refractivity contribution in [3.05, 3.63) is 107 Å². The summed E-state index contributed by atoms with van der Waals surface area (Å²) in [6.07, 6.45) is 0.630. The van der Waals surface area contributed by atoms with Gasteiger partial charge in [0.15, 0.2) is 0 Å². The van der Waals surface area contributed by atoms with E-state index < -0.39 is 12.0 Å². The van der Waals surface area contributed by atoms with E-state index in [1.54, 1.807) is 36.4 Å². The summed E-state index contributed by atoms with van der Waals surface area (Å²) in [4.78, 5) is 32.5. The number of carbonyl (C=O) groups is 2. The normalized spacial score (nSPS) is 16.1. The molecule has 1 amide bonds. The fourth-order valence-electron chi connectivity index (χ4n) is 5.41. The molecule has 2 unspecified atom stereocenters. The number of ether oxygens (including phenoxy) is 2. The van der Waals surface area contributed by atoms with Crippen LogP contribution in [0.4, 0.5) is 4.39 Å². The number of aromatic nitrogens is 1. The number of fused-ring (bicyclic) bond motifs is 1. The molecule has 2 atom stereocenters. The van der Waals surface area contributed by atoms with E-state index in [0.717, 1.165) is 27.7 Å². The van der Waals surface area contributed by atoms with Gasteiger partial charge in [0.25, 0.3) is 5.91 Å². The summed E-state index contributed by atoms with van der Waals surface area (Å²) in [5.74, 6) is -0.355. The third-order valence-electron chi connectivity index (χ3n) is 7.55. The topological polar surface area (TPSA) is 92.8 Å². The van der Waals surface area contributed by atoms with Gasteiger partial charge in [-0.3, -0.25) is 19.5 Å². The van der Waals surface area contributed by atoms with E-state index in [4.69, 9.17) is 9.47 Å². The Labute approximate surface area is 244 Å². The van der Waals surface area contributed by atoms with Gasteiger partial charge in [-0.25, -0.2) is 4.39 Å². The van der Waals surface area contributed by atoms with Gasteiger partial charge >= 0.3 is 5.97 Å². The van der Waals surface area contributed by atoms with Gasteiger partial charge in [-0.05, 0) is 67.4 Å². The van der Waals surface area contributed by atoms with Gasteiger partial charge in [0, 0.05) is 54.4 Å². The Balaban J connectivity index is 1.21. The third kappa shape index (κ3) is 7.10. The van der Waals surface area contributed by atoms with Crippen LogP contribution < -0.4 is 15.4 Å². The van der Waals surface area contributed by atoms with Crippen LogP contribution in [0.3, 0.4) is 0 Å². The first-order chi connectivity index (χ1) is 20.4. The zero-order valence-electron chi connectivity index (χ0n) is 23.8. The number of pyridine rings is 1. The molecule has 3 aromatic carbocycles. The Hall–Kier alpha value is -4.34. The van der Waals surface area contributed by atoms with E-state index in [2.05, 4.69) is 20.5 Å². The number of nitrogens with one attached hydrogen (secondary N) is 2. The minimum atomic E-state index is -0.659. The number of nitrogens with zero attached hydrogens (tertiary/aromatic N) is 2. The van der Waals surface area contributed by atoms with Crippen LogP contribution in [-0.4, -0.2) is 67.1 Å². The Kier molecular flexibility index (Phi) is 9.41. The Morgan fingerprint density at radius 2 is 1.86 bits per heavy atom. The maximum Gasteiger partial charge on any atom is 0.324 e. The van der Waals surface area contributed by atoms with Gasteiger partial charge < -0.3 is 20.1 Å². The number of methoxy groups -OCH3 is 1. The molecule has 1 aliphatic heterocycles. The lowest BCUT2D eigenvalue weighted by molar-refractivity contribution is -0.148. The van der Waals surface area contributed by atoms with Gasteiger partial charge in [0.05, 0.1) is 12.6 Å². The molecular weight excluding hydrogens is 535 g/mol. The number of piperazine rings is 1. The second-order valence-corrected chi connectivity index (χ2v) is 10.4. The second kappa shape index (κ2) is 13.5. The van der Waals surface area contributed by atoms with Crippen molar-refractivity contribution in [3.8, 4) is 5.75 Å². The predicted octanol–water partition coefficient (Wildman–Crippen LogP) is 4.05. The van der Waals surface area contributed by atoms with Gasteiger partial charge in [0.2, 0.25) is 0 Å². The molecule has 0 aliphatic carbocycles. The number of benzene rings is 3.